The highest BCUT2D eigenvalue weighted by atomic mass is 79.9. The first kappa shape index (κ1) is 12.9. The van der Waals surface area contributed by atoms with E-state index >= 15 is 0 Å². The Kier molecular flexibility index (Phi) is 5.21. The van der Waals surface area contributed by atoms with Crippen LogP contribution in [0.1, 0.15) is 0 Å². The highest BCUT2D eigenvalue weighted by Crippen LogP contribution is 2.21. The van der Waals surface area contributed by atoms with Crippen molar-refractivity contribution in [2.75, 3.05) is 19.7 Å². The van der Waals surface area contributed by atoms with Crippen molar-refractivity contribution >= 4 is 21.8 Å². The Hall–Kier alpha value is -1.14. The number of halogens is 2. The zero-order valence-electron chi connectivity index (χ0n) is 8.50. The third kappa shape index (κ3) is 4.16. The van der Waals surface area contributed by atoms with Crippen LogP contribution in [-0.2, 0) is 4.79 Å². The average Bonchev–Trinajstić information content (AvgIpc) is 2.25. The van der Waals surface area contributed by atoms with E-state index < -0.39 is 5.82 Å². The zero-order valence-corrected chi connectivity index (χ0v) is 10.1. The maximum Gasteiger partial charge on any atom is 0.257 e. The Morgan fingerprint density at radius 1 is 1.56 bits per heavy atom. The molecule has 0 heterocycles. The molecule has 0 aliphatic carbocycles. The number of hydrogen-bond donors (Lipinski definition) is 2. The van der Waals surface area contributed by atoms with E-state index in [4.69, 9.17) is 10.5 Å². The molecule has 0 radical (unpaired) electrons. The van der Waals surface area contributed by atoms with Crippen molar-refractivity contribution in [1.29, 1.82) is 0 Å². The summed E-state index contributed by atoms with van der Waals surface area (Å²) in [5, 5.41) is 2.51. The Morgan fingerprint density at radius 2 is 2.31 bits per heavy atom. The van der Waals surface area contributed by atoms with Gasteiger partial charge in [0.1, 0.15) is 0 Å². The minimum atomic E-state index is -0.513. The molecule has 6 heteroatoms. The van der Waals surface area contributed by atoms with Crippen LogP contribution < -0.4 is 15.8 Å². The molecule has 0 aliphatic heterocycles. The minimum Gasteiger partial charge on any atom is -0.481 e. The number of carbonyl (C=O) groups is 1. The first-order valence-electron chi connectivity index (χ1n) is 4.68. The molecular formula is C10H12BrFN2O2. The summed E-state index contributed by atoms with van der Waals surface area (Å²) in [6.07, 6.45) is 0. The molecule has 1 aromatic carbocycles. The van der Waals surface area contributed by atoms with Gasteiger partial charge in [-0.15, -0.1) is 0 Å². The number of nitrogens with two attached hydrogens (primary N) is 1. The van der Waals surface area contributed by atoms with Gasteiger partial charge in [0, 0.05) is 17.6 Å². The van der Waals surface area contributed by atoms with Crippen molar-refractivity contribution in [2.45, 2.75) is 0 Å². The summed E-state index contributed by atoms with van der Waals surface area (Å²) in [6.45, 7) is 0.516. The van der Waals surface area contributed by atoms with Crippen LogP contribution >= 0.6 is 15.9 Å². The lowest BCUT2D eigenvalue weighted by molar-refractivity contribution is -0.123. The molecule has 1 rings (SSSR count). The highest BCUT2D eigenvalue weighted by Gasteiger charge is 2.06. The lowest BCUT2D eigenvalue weighted by Gasteiger charge is -2.07. The van der Waals surface area contributed by atoms with Gasteiger partial charge in [-0.25, -0.2) is 4.39 Å². The first-order chi connectivity index (χ1) is 7.63. The fourth-order valence-electron chi connectivity index (χ4n) is 0.998. The summed E-state index contributed by atoms with van der Waals surface area (Å²) in [6, 6.07) is 4.36. The number of hydrogen-bond acceptors (Lipinski definition) is 3. The molecule has 0 spiro atoms. The van der Waals surface area contributed by atoms with Crippen LogP contribution in [-0.4, -0.2) is 25.6 Å². The van der Waals surface area contributed by atoms with Crippen molar-refractivity contribution in [3.63, 3.8) is 0 Å². The molecular weight excluding hydrogens is 279 g/mol. The molecule has 88 valence electrons. The molecule has 0 fully saturated rings. The summed E-state index contributed by atoms with van der Waals surface area (Å²) >= 11 is 3.12. The predicted molar refractivity (Wildman–Crippen MR) is 61.7 cm³/mol. The number of ether oxygens (including phenoxy) is 1. The molecule has 0 saturated heterocycles. The number of rotatable bonds is 5. The molecule has 3 N–H and O–H groups in total. The van der Waals surface area contributed by atoms with Crippen molar-refractivity contribution in [2.24, 2.45) is 5.73 Å². The van der Waals surface area contributed by atoms with E-state index in [0.29, 0.717) is 17.6 Å². The van der Waals surface area contributed by atoms with E-state index in [1.165, 1.54) is 12.1 Å². The molecule has 0 aromatic heterocycles. The third-order valence-electron chi connectivity index (χ3n) is 1.72. The summed E-state index contributed by atoms with van der Waals surface area (Å²) in [5.74, 6) is -0.792. The molecule has 0 bridgehead atoms. The highest BCUT2D eigenvalue weighted by molar-refractivity contribution is 9.10. The van der Waals surface area contributed by atoms with Gasteiger partial charge in [-0.05, 0) is 18.2 Å². The van der Waals surface area contributed by atoms with Gasteiger partial charge in [0.15, 0.2) is 18.2 Å². The summed E-state index contributed by atoms with van der Waals surface area (Å²) < 4.78 is 18.9. The van der Waals surface area contributed by atoms with Gasteiger partial charge < -0.3 is 15.8 Å². The molecule has 0 atom stereocenters. The van der Waals surface area contributed by atoms with Crippen LogP contribution in [0, 0.1) is 5.82 Å². The van der Waals surface area contributed by atoms with E-state index in [2.05, 4.69) is 21.2 Å². The fraction of sp³-hybridized carbons (Fsp3) is 0.300. The van der Waals surface area contributed by atoms with E-state index in [9.17, 15) is 9.18 Å². The van der Waals surface area contributed by atoms with Gasteiger partial charge in [0.25, 0.3) is 5.91 Å². The molecule has 16 heavy (non-hydrogen) atoms. The minimum absolute atomic E-state index is 0.0473. The maximum absolute atomic E-state index is 13.2. The normalized spacial score (nSPS) is 9.94. The van der Waals surface area contributed by atoms with Gasteiger partial charge in [0.05, 0.1) is 0 Å². The van der Waals surface area contributed by atoms with Gasteiger partial charge in [0.2, 0.25) is 0 Å². The SMILES string of the molecule is NCCNC(=O)COc1ccc(Br)cc1F. The van der Waals surface area contributed by atoms with Crippen LogP contribution in [0.15, 0.2) is 22.7 Å². The van der Waals surface area contributed by atoms with Gasteiger partial charge in [-0.3, -0.25) is 4.79 Å². The number of amides is 1. The quantitative estimate of drug-likeness (QED) is 0.852. The van der Waals surface area contributed by atoms with Crippen molar-refractivity contribution < 1.29 is 13.9 Å². The van der Waals surface area contributed by atoms with Gasteiger partial charge in [-0.2, -0.15) is 0 Å². The third-order valence-corrected chi connectivity index (χ3v) is 2.21. The Morgan fingerprint density at radius 3 is 2.94 bits per heavy atom. The molecule has 0 saturated carbocycles. The number of benzene rings is 1. The molecule has 1 aromatic rings. The Bertz CT molecular complexity index is 374. The van der Waals surface area contributed by atoms with Crippen LogP contribution in [0.4, 0.5) is 4.39 Å². The topological polar surface area (TPSA) is 64.3 Å². The van der Waals surface area contributed by atoms with Crippen molar-refractivity contribution in [1.82, 2.24) is 5.32 Å². The Balaban J connectivity index is 2.45. The molecule has 1 amide bonds. The lowest BCUT2D eigenvalue weighted by Crippen LogP contribution is -2.33. The maximum atomic E-state index is 13.2. The van der Waals surface area contributed by atoms with E-state index in [1.807, 2.05) is 0 Å². The Labute approximate surface area is 101 Å². The summed E-state index contributed by atoms with van der Waals surface area (Å²) in [7, 11) is 0. The first-order valence-corrected chi connectivity index (χ1v) is 5.47. The second kappa shape index (κ2) is 6.44. The van der Waals surface area contributed by atoms with Crippen LogP contribution in [0.2, 0.25) is 0 Å². The largest absolute Gasteiger partial charge is 0.481 e. The van der Waals surface area contributed by atoms with E-state index in [1.54, 1.807) is 6.07 Å². The fourth-order valence-corrected chi connectivity index (χ4v) is 1.33. The average molecular weight is 291 g/mol. The monoisotopic (exact) mass is 290 g/mol. The van der Waals surface area contributed by atoms with E-state index in [-0.39, 0.29) is 18.3 Å². The van der Waals surface area contributed by atoms with E-state index in [0.717, 1.165) is 0 Å². The number of carbonyl (C=O) groups excluding carboxylic acids is 1. The predicted octanol–water partition coefficient (Wildman–Crippen LogP) is 1.04. The van der Waals surface area contributed by atoms with Crippen molar-refractivity contribution in [3.8, 4) is 5.75 Å². The zero-order chi connectivity index (χ0) is 12.0. The summed E-state index contributed by atoms with van der Waals surface area (Å²) in [5.41, 5.74) is 5.20. The second-order valence-corrected chi connectivity index (χ2v) is 3.92. The number of nitrogens with one attached hydrogen (secondary N) is 1. The lowest BCUT2D eigenvalue weighted by atomic mass is 10.3. The molecule has 4 nitrogen and oxygen atoms in total. The smallest absolute Gasteiger partial charge is 0.257 e. The summed E-state index contributed by atoms with van der Waals surface area (Å²) in [4.78, 5) is 11.1. The van der Waals surface area contributed by atoms with Crippen LogP contribution in [0.3, 0.4) is 0 Å². The van der Waals surface area contributed by atoms with Crippen LogP contribution in [0.25, 0.3) is 0 Å². The van der Waals surface area contributed by atoms with Crippen LogP contribution in [0.5, 0.6) is 5.75 Å². The second-order valence-electron chi connectivity index (χ2n) is 3.00. The van der Waals surface area contributed by atoms with Crippen molar-refractivity contribution in [3.05, 3.63) is 28.5 Å². The van der Waals surface area contributed by atoms with Gasteiger partial charge in [-0.1, -0.05) is 15.9 Å². The molecule has 0 unspecified atom stereocenters. The van der Waals surface area contributed by atoms with Gasteiger partial charge >= 0.3 is 0 Å². The molecule has 0 aliphatic rings. The standard InChI is InChI=1S/C10H12BrFN2O2/c11-7-1-2-9(8(12)5-7)16-6-10(15)14-4-3-13/h1-2,5H,3-4,6,13H2,(H,14,15).